The molecular formula is C14H21FN2O2. The zero-order valence-electron chi connectivity index (χ0n) is 11.4. The van der Waals surface area contributed by atoms with Gasteiger partial charge in [-0.15, -0.1) is 0 Å². The van der Waals surface area contributed by atoms with Gasteiger partial charge in [-0.2, -0.15) is 0 Å². The van der Waals surface area contributed by atoms with Crippen LogP contribution in [0, 0.1) is 5.82 Å². The normalized spacial score (nSPS) is 13.9. The fourth-order valence-electron chi connectivity index (χ4n) is 1.75. The first-order valence-corrected chi connectivity index (χ1v) is 6.47. The van der Waals surface area contributed by atoms with Gasteiger partial charge >= 0.3 is 0 Å². The monoisotopic (exact) mass is 268 g/mol. The topological polar surface area (TPSA) is 78.3 Å². The third-order valence-electron chi connectivity index (χ3n) is 2.99. The quantitative estimate of drug-likeness (QED) is 0.790. The number of ether oxygens (including phenoxy) is 1. The Bertz CT molecular complexity index is 437. The number of hydrogen-bond acceptors (Lipinski definition) is 3. The van der Waals surface area contributed by atoms with Gasteiger partial charge in [-0.25, -0.2) is 4.39 Å². The summed E-state index contributed by atoms with van der Waals surface area (Å²) in [5.41, 5.74) is 11.8. The molecule has 0 heterocycles. The van der Waals surface area contributed by atoms with Crippen LogP contribution in [0.15, 0.2) is 18.2 Å². The number of rotatable bonds is 7. The van der Waals surface area contributed by atoms with Crippen molar-refractivity contribution >= 4 is 5.91 Å². The lowest BCUT2D eigenvalue weighted by molar-refractivity contribution is -0.124. The molecule has 0 saturated carbocycles. The van der Waals surface area contributed by atoms with Crippen molar-refractivity contribution in [3.8, 4) is 5.75 Å². The molecule has 0 aliphatic heterocycles. The second-order valence-electron chi connectivity index (χ2n) is 4.54. The molecule has 19 heavy (non-hydrogen) atoms. The highest BCUT2D eigenvalue weighted by molar-refractivity contribution is 5.79. The Morgan fingerprint density at radius 2 is 2.05 bits per heavy atom. The van der Waals surface area contributed by atoms with Gasteiger partial charge in [0.15, 0.2) is 6.10 Å². The summed E-state index contributed by atoms with van der Waals surface area (Å²) in [5.74, 6) is -0.411. The maximum absolute atomic E-state index is 13.3. The van der Waals surface area contributed by atoms with E-state index in [9.17, 15) is 9.18 Å². The van der Waals surface area contributed by atoms with E-state index in [1.165, 1.54) is 18.2 Å². The van der Waals surface area contributed by atoms with Crippen LogP contribution in [0.2, 0.25) is 0 Å². The van der Waals surface area contributed by atoms with E-state index >= 15 is 0 Å². The maximum Gasteiger partial charge on any atom is 0.258 e. The van der Waals surface area contributed by atoms with E-state index in [1.54, 1.807) is 6.92 Å². The molecule has 2 atom stereocenters. The highest BCUT2D eigenvalue weighted by Gasteiger charge is 2.17. The lowest BCUT2D eigenvalue weighted by atomic mass is 10.0. The van der Waals surface area contributed by atoms with Gasteiger partial charge < -0.3 is 16.2 Å². The van der Waals surface area contributed by atoms with Crippen LogP contribution in [0.3, 0.4) is 0 Å². The molecule has 0 aliphatic rings. The summed E-state index contributed by atoms with van der Waals surface area (Å²) in [4.78, 5) is 11.2. The number of hydrogen-bond donors (Lipinski definition) is 2. The summed E-state index contributed by atoms with van der Waals surface area (Å²) in [5, 5.41) is 0. The average molecular weight is 268 g/mol. The smallest absolute Gasteiger partial charge is 0.258 e. The molecule has 2 unspecified atom stereocenters. The van der Waals surface area contributed by atoms with Crippen LogP contribution in [0.4, 0.5) is 4.39 Å². The third kappa shape index (κ3) is 4.52. The summed E-state index contributed by atoms with van der Waals surface area (Å²) in [6, 6.07) is 4.12. The zero-order chi connectivity index (χ0) is 14.4. The van der Waals surface area contributed by atoms with Gasteiger partial charge in [-0.05, 0) is 43.0 Å². The van der Waals surface area contributed by atoms with Crippen LogP contribution in [-0.4, -0.2) is 18.1 Å². The van der Waals surface area contributed by atoms with E-state index in [4.69, 9.17) is 16.2 Å². The molecule has 4 N–H and O–H groups in total. The van der Waals surface area contributed by atoms with Gasteiger partial charge in [0.1, 0.15) is 11.6 Å². The molecule has 0 spiro atoms. The van der Waals surface area contributed by atoms with Gasteiger partial charge in [0, 0.05) is 6.04 Å². The summed E-state index contributed by atoms with van der Waals surface area (Å²) in [6.07, 6.45) is 1.04. The van der Waals surface area contributed by atoms with Crippen molar-refractivity contribution in [2.75, 3.05) is 0 Å². The van der Waals surface area contributed by atoms with Gasteiger partial charge in [-0.3, -0.25) is 4.79 Å². The summed E-state index contributed by atoms with van der Waals surface area (Å²) in [6.45, 7) is 3.76. The minimum Gasteiger partial charge on any atom is -0.480 e. The largest absolute Gasteiger partial charge is 0.480 e. The first-order chi connectivity index (χ1) is 8.97. The predicted molar refractivity (Wildman–Crippen MR) is 72.3 cm³/mol. The van der Waals surface area contributed by atoms with Crippen LogP contribution in [0.25, 0.3) is 0 Å². The van der Waals surface area contributed by atoms with Crippen molar-refractivity contribution in [2.24, 2.45) is 11.5 Å². The third-order valence-corrected chi connectivity index (χ3v) is 2.99. The van der Waals surface area contributed by atoms with E-state index in [2.05, 4.69) is 0 Å². The fourth-order valence-corrected chi connectivity index (χ4v) is 1.75. The summed E-state index contributed by atoms with van der Waals surface area (Å²) < 4.78 is 18.9. The second kappa shape index (κ2) is 7.09. The highest BCUT2D eigenvalue weighted by Crippen LogP contribution is 2.23. The minimum atomic E-state index is -0.706. The number of halogens is 1. The molecule has 5 heteroatoms. The Balaban J connectivity index is 2.95. The summed E-state index contributed by atoms with van der Waals surface area (Å²) >= 11 is 0. The Hall–Kier alpha value is -1.62. The molecule has 1 amide bonds. The molecular weight excluding hydrogens is 247 g/mol. The SMILES string of the molecule is CCC(N)Cc1cc(F)ccc1OC(CC)C(N)=O. The minimum absolute atomic E-state index is 0.0715. The molecule has 106 valence electrons. The number of benzene rings is 1. The lowest BCUT2D eigenvalue weighted by Crippen LogP contribution is -2.33. The van der Waals surface area contributed by atoms with E-state index in [0.29, 0.717) is 24.2 Å². The Morgan fingerprint density at radius 1 is 1.37 bits per heavy atom. The molecule has 4 nitrogen and oxygen atoms in total. The van der Waals surface area contributed by atoms with E-state index in [1.807, 2.05) is 6.92 Å². The Labute approximate surface area is 112 Å². The molecule has 0 aromatic heterocycles. The predicted octanol–water partition coefficient (Wildman–Crippen LogP) is 1.75. The number of amides is 1. The van der Waals surface area contributed by atoms with Crippen molar-refractivity contribution in [1.82, 2.24) is 0 Å². The number of primary amides is 1. The van der Waals surface area contributed by atoms with Crippen LogP contribution in [0.1, 0.15) is 32.3 Å². The second-order valence-corrected chi connectivity index (χ2v) is 4.54. The first kappa shape index (κ1) is 15.4. The van der Waals surface area contributed by atoms with Gasteiger partial charge in [0.05, 0.1) is 0 Å². The summed E-state index contributed by atoms with van der Waals surface area (Å²) in [7, 11) is 0. The average Bonchev–Trinajstić information content (AvgIpc) is 2.37. The number of carbonyl (C=O) groups is 1. The molecule has 0 saturated heterocycles. The molecule has 0 fully saturated rings. The lowest BCUT2D eigenvalue weighted by Gasteiger charge is -2.18. The maximum atomic E-state index is 13.3. The van der Waals surface area contributed by atoms with Gasteiger partial charge in [0.25, 0.3) is 5.91 Å². The number of nitrogens with two attached hydrogens (primary N) is 2. The zero-order valence-corrected chi connectivity index (χ0v) is 11.4. The van der Waals surface area contributed by atoms with Gasteiger partial charge in [-0.1, -0.05) is 13.8 Å². The molecule has 1 aromatic carbocycles. The van der Waals surface area contributed by atoms with Crippen LogP contribution < -0.4 is 16.2 Å². The molecule has 0 radical (unpaired) electrons. The molecule has 1 rings (SSSR count). The standard InChI is InChI=1S/C14H21FN2O2/c1-3-11(16)8-9-7-10(15)5-6-13(9)19-12(4-2)14(17)18/h5-7,11-12H,3-4,8,16H2,1-2H3,(H2,17,18). The van der Waals surface area contributed by atoms with Crippen molar-refractivity contribution in [2.45, 2.75) is 45.3 Å². The van der Waals surface area contributed by atoms with Crippen molar-refractivity contribution in [3.05, 3.63) is 29.6 Å². The first-order valence-electron chi connectivity index (χ1n) is 6.47. The van der Waals surface area contributed by atoms with E-state index in [0.717, 1.165) is 6.42 Å². The molecule has 0 aliphatic carbocycles. The fraction of sp³-hybridized carbons (Fsp3) is 0.500. The molecule has 1 aromatic rings. The van der Waals surface area contributed by atoms with Crippen LogP contribution in [-0.2, 0) is 11.2 Å². The van der Waals surface area contributed by atoms with Gasteiger partial charge in [0.2, 0.25) is 0 Å². The van der Waals surface area contributed by atoms with Crippen LogP contribution in [0.5, 0.6) is 5.75 Å². The van der Waals surface area contributed by atoms with Crippen molar-refractivity contribution in [1.29, 1.82) is 0 Å². The van der Waals surface area contributed by atoms with Crippen LogP contribution >= 0.6 is 0 Å². The molecule has 0 bridgehead atoms. The van der Waals surface area contributed by atoms with E-state index < -0.39 is 12.0 Å². The Morgan fingerprint density at radius 3 is 2.58 bits per heavy atom. The number of carbonyl (C=O) groups excluding carboxylic acids is 1. The van der Waals surface area contributed by atoms with E-state index in [-0.39, 0.29) is 11.9 Å². The van der Waals surface area contributed by atoms with Crippen molar-refractivity contribution < 1.29 is 13.9 Å². The Kier molecular flexibility index (Phi) is 5.76. The van der Waals surface area contributed by atoms with Crippen molar-refractivity contribution in [3.63, 3.8) is 0 Å². The highest BCUT2D eigenvalue weighted by atomic mass is 19.1.